The van der Waals surface area contributed by atoms with E-state index in [0.717, 1.165) is 6.08 Å². The second-order valence-corrected chi connectivity index (χ2v) is 3.68. The molecule has 0 heterocycles. The molecule has 1 amide bonds. The van der Waals surface area contributed by atoms with Gasteiger partial charge in [0, 0.05) is 0 Å². The van der Waals surface area contributed by atoms with Gasteiger partial charge in [-0.2, -0.15) is 0 Å². The number of carbonyl (C=O) groups is 2. The average molecular weight is 306 g/mol. The van der Waals surface area contributed by atoms with Crippen LogP contribution in [0.4, 0.5) is 23.2 Å². The van der Waals surface area contributed by atoms with Gasteiger partial charge in [0.2, 0.25) is 5.91 Å². The second-order valence-electron chi connectivity index (χ2n) is 3.68. The van der Waals surface area contributed by atoms with Crippen molar-refractivity contribution in [2.45, 2.75) is 0 Å². The van der Waals surface area contributed by atoms with Crippen LogP contribution in [0.15, 0.2) is 12.7 Å². The molecule has 0 aliphatic rings. The average Bonchev–Trinajstić information content (AvgIpc) is 2.47. The van der Waals surface area contributed by atoms with E-state index < -0.39 is 53.0 Å². The summed E-state index contributed by atoms with van der Waals surface area (Å²) in [6, 6.07) is 0. The Balaban J connectivity index is 2.84. The number of benzene rings is 1. The summed E-state index contributed by atoms with van der Waals surface area (Å²) in [7, 11) is 0. The smallest absolute Gasteiger partial charge is 0.344 e. The van der Waals surface area contributed by atoms with Crippen LogP contribution in [-0.2, 0) is 9.53 Å². The summed E-state index contributed by atoms with van der Waals surface area (Å²) in [5.41, 5.74) is 1.88. The SMILES string of the molecule is C=CC(=O)NCCOC(=O)c1c(F)c(F)c(N)c(F)c1F. The maximum atomic E-state index is 13.4. The molecule has 0 unspecified atom stereocenters. The highest BCUT2D eigenvalue weighted by Gasteiger charge is 2.29. The Bertz CT molecular complexity index is 576. The quantitative estimate of drug-likeness (QED) is 0.214. The number of halogens is 4. The van der Waals surface area contributed by atoms with E-state index in [2.05, 4.69) is 16.6 Å². The first kappa shape index (κ1) is 16.5. The summed E-state index contributed by atoms with van der Waals surface area (Å²) >= 11 is 0. The van der Waals surface area contributed by atoms with Gasteiger partial charge in [-0.3, -0.25) is 4.79 Å². The highest BCUT2D eigenvalue weighted by atomic mass is 19.2. The third-order valence-corrected chi connectivity index (χ3v) is 2.32. The number of ether oxygens (including phenoxy) is 1. The van der Waals surface area contributed by atoms with E-state index in [-0.39, 0.29) is 6.54 Å². The first-order valence-electron chi connectivity index (χ1n) is 5.50. The van der Waals surface area contributed by atoms with Gasteiger partial charge in [-0.1, -0.05) is 6.58 Å². The van der Waals surface area contributed by atoms with Crippen LogP contribution >= 0.6 is 0 Å². The number of nitrogens with one attached hydrogen (secondary N) is 1. The molecule has 21 heavy (non-hydrogen) atoms. The van der Waals surface area contributed by atoms with Crippen molar-refractivity contribution in [3.8, 4) is 0 Å². The lowest BCUT2D eigenvalue weighted by Gasteiger charge is -2.09. The van der Waals surface area contributed by atoms with Crippen molar-refractivity contribution >= 4 is 17.6 Å². The molecular weight excluding hydrogens is 296 g/mol. The Morgan fingerprint density at radius 3 is 2.14 bits per heavy atom. The number of amides is 1. The predicted molar refractivity (Wildman–Crippen MR) is 64.2 cm³/mol. The van der Waals surface area contributed by atoms with Gasteiger partial charge >= 0.3 is 5.97 Å². The van der Waals surface area contributed by atoms with Crippen molar-refractivity contribution in [2.75, 3.05) is 18.9 Å². The maximum absolute atomic E-state index is 13.4. The van der Waals surface area contributed by atoms with E-state index in [4.69, 9.17) is 5.73 Å². The molecule has 0 aliphatic heterocycles. The van der Waals surface area contributed by atoms with Crippen molar-refractivity contribution in [1.82, 2.24) is 5.32 Å². The fourth-order valence-electron chi connectivity index (χ4n) is 1.29. The molecular formula is C12H10F4N2O3. The van der Waals surface area contributed by atoms with Crippen molar-refractivity contribution < 1.29 is 31.9 Å². The summed E-state index contributed by atoms with van der Waals surface area (Å²) < 4.78 is 57.5. The van der Waals surface area contributed by atoms with Crippen molar-refractivity contribution in [3.63, 3.8) is 0 Å². The molecule has 0 radical (unpaired) electrons. The van der Waals surface area contributed by atoms with Gasteiger partial charge in [-0.05, 0) is 6.08 Å². The van der Waals surface area contributed by atoms with Gasteiger partial charge in [0.25, 0.3) is 0 Å². The minimum Gasteiger partial charge on any atom is -0.460 e. The lowest BCUT2D eigenvalue weighted by Crippen LogP contribution is -2.26. The van der Waals surface area contributed by atoms with Crippen LogP contribution in [0.3, 0.4) is 0 Å². The van der Waals surface area contributed by atoms with Crippen LogP contribution in [0.5, 0.6) is 0 Å². The third kappa shape index (κ3) is 3.50. The fraction of sp³-hybridized carbons (Fsp3) is 0.167. The summed E-state index contributed by atoms with van der Waals surface area (Å²) in [6.45, 7) is 2.51. The molecule has 1 aromatic rings. The molecule has 0 atom stereocenters. The first-order valence-corrected chi connectivity index (χ1v) is 5.50. The summed E-state index contributed by atoms with van der Waals surface area (Å²) in [4.78, 5) is 22.2. The van der Waals surface area contributed by atoms with Crippen LogP contribution < -0.4 is 11.1 Å². The van der Waals surface area contributed by atoms with Gasteiger partial charge < -0.3 is 15.8 Å². The van der Waals surface area contributed by atoms with E-state index in [1.165, 1.54) is 0 Å². The highest BCUT2D eigenvalue weighted by molar-refractivity contribution is 5.90. The van der Waals surface area contributed by atoms with Gasteiger partial charge in [0.15, 0.2) is 23.3 Å². The molecule has 0 saturated heterocycles. The predicted octanol–water partition coefficient (Wildman–Crippen LogP) is 1.28. The first-order chi connectivity index (χ1) is 9.81. The third-order valence-electron chi connectivity index (χ3n) is 2.32. The molecule has 0 aromatic heterocycles. The summed E-state index contributed by atoms with van der Waals surface area (Å²) in [5.74, 6) is -9.87. The van der Waals surface area contributed by atoms with Gasteiger partial charge in [0.05, 0.1) is 6.54 Å². The minimum atomic E-state index is -1.95. The van der Waals surface area contributed by atoms with E-state index in [1.807, 2.05) is 0 Å². The van der Waals surface area contributed by atoms with E-state index in [1.54, 1.807) is 0 Å². The van der Waals surface area contributed by atoms with E-state index in [9.17, 15) is 27.2 Å². The Morgan fingerprint density at radius 1 is 1.14 bits per heavy atom. The van der Waals surface area contributed by atoms with E-state index >= 15 is 0 Å². The Morgan fingerprint density at radius 2 is 1.67 bits per heavy atom. The van der Waals surface area contributed by atoms with Crippen molar-refractivity contribution in [1.29, 1.82) is 0 Å². The number of nitrogens with two attached hydrogens (primary N) is 1. The largest absolute Gasteiger partial charge is 0.460 e. The molecule has 0 saturated carbocycles. The Labute approximate surface area is 116 Å². The molecule has 1 rings (SSSR count). The maximum Gasteiger partial charge on any atom is 0.344 e. The normalized spacial score (nSPS) is 10.1. The van der Waals surface area contributed by atoms with Crippen molar-refractivity contribution in [3.05, 3.63) is 41.5 Å². The van der Waals surface area contributed by atoms with Crippen LogP contribution in [0.2, 0.25) is 0 Å². The number of rotatable bonds is 5. The van der Waals surface area contributed by atoms with Gasteiger partial charge in [-0.15, -0.1) is 0 Å². The highest BCUT2D eigenvalue weighted by Crippen LogP contribution is 2.26. The lowest BCUT2D eigenvalue weighted by atomic mass is 10.1. The number of nitrogen functional groups attached to an aromatic ring is 1. The Hall–Kier alpha value is -2.58. The monoisotopic (exact) mass is 306 g/mol. The number of hydrogen-bond acceptors (Lipinski definition) is 4. The van der Waals surface area contributed by atoms with Crippen LogP contribution in [-0.4, -0.2) is 25.0 Å². The molecule has 0 aliphatic carbocycles. The van der Waals surface area contributed by atoms with Crippen LogP contribution in [0.1, 0.15) is 10.4 Å². The lowest BCUT2D eigenvalue weighted by molar-refractivity contribution is -0.116. The molecule has 1 aromatic carbocycles. The van der Waals surface area contributed by atoms with Crippen molar-refractivity contribution in [2.24, 2.45) is 0 Å². The molecule has 0 bridgehead atoms. The molecule has 0 spiro atoms. The topological polar surface area (TPSA) is 81.4 Å². The molecule has 3 N–H and O–H groups in total. The number of hydrogen-bond donors (Lipinski definition) is 2. The number of carbonyl (C=O) groups excluding carboxylic acids is 2. The Kier molecular flexibility index (Phi) is 5.28. The zero-order valence-electron chi connectivity index (χ0n) is 10.5. The zero-order chi connectivity index (χ0) is 16.2. The molecule has 9 heteroatoms. The molecule has 0 fully saturated rings. The van der Waals surface area contributed by atoms with Crippen LogP contribution in [0, 0.1) is 23.3 Å². The second kappa shape index (κ2) is 6.73. The number of esters is 1. The van der Waals surface area contributed by atoms with Crippen LogP contribution in [0.25, 0.3) is 0 Å². The zero-order valence-corrected chi connectivity index (χ0v) is 10.5. The summed E-state index contributed by atoms with van der Waals surface area (Å²) in [6.07, 6.45) is 0.950. The fourth-order valence-corrected chi connectivity index (χ4v) is 1.29. The van der Waals surface area contributed by atoms with Gasteiger partial charge in [0.1, 0.15) is 17.9 Å². The number of anilines is 1. The summed E-state index contributed by atoms with van der Waals surface area (Å²) in [5, 5.41) is 2.21. The standard InChI is InChI=1S/C12H10F4N2O3/c1-2-5(19)18-3-4-21-12(20)6-7(13)9(15)11(17)10(16)8(6)14/h2H,1,3-4,17H2,(H,18,19). The molecule has 114 valence electrons. The van der Waals surface area contributed by atoms with E-state index in [0.29, 0.717) is 0 Å². The minimum absolute atomic E-state index is 0.181. The molecule has 5 nitrogen and oxygen atoms in total. The van der Waals surface area contributed by atoms with Gasteiger partial charge in [-0.25, -0.2) is 22.4 Å².